The van der Waals surface area contributed by atoms with Crippen LogP contribution in [0.25, 0.3) is 0 Å². The molecule has 0 heterocycles. The van der Waals surface area contributed by atoms with Gasteiger partial charge in [0.05, 0.1) is 6.61 Å². The Kier molecular flexibility index (Phi) is 8.12. The van der Waals surface area contributed by atoms with E-state index in [0.717, 1.165) is 42.1 Å². The van der Waals surface area contributed by atoms with Gasteiger partial charge in [0.25, 0.3) is 0 Å². The van der Waals surface area contributed by atoms with Gasteiger partial charge in [-0.1, -0.05) is 51.4 Å². The fraction of sp³-hybridized carbons (Fsp3) is 0.692. The van der Waals surface area contributed by atoms with Crippen LogP contribution in [0.15, 0.2) is 24.3 Å². The van der Waals surface area contributed by atoms with Gasteiger partial charge >= 0.3 is 0 Å². The van der Waals surface area contributed by atoms with E-state index in [0.29, 0.717) is 5.92 Å². The molecule has 148 valence electrons. The maximum Gasteiger partial charge on any atom is 0.119 e. The highest BCUT2D eigenvalue weighted by atomic mass is 16.5. The van der Waals surface area contributed by atoms with Crippen LogP contribution in [0.3, 0.4) is 0 Å². The van der Waals surface area contributed by atoms with Crippen molar-refractivity contribution >= 4 is 0 Å². The smallest absolute Gasteiger partial charge is 0.119 e. The summed E-state index contributed by atoms with van der Waals surface area (Å²) < 4.78 is 5.73. The summed E-state index contributed by atoms with van der Waals surface area (Å²) in [6.45, 7) is 5.36. The highest BCUT2D eigenvalue weighted by Gasteiger charge is 2.29. The van der Waals surface area contributed by atoms with Gasteiger partial charge in [0.15, 0.2) is 0 Å². The van der Waals surface area contributed by atoms with Crippen LogP contribution < -0.4 is 4.74 Å². The molecule has 0 atom stereocenters. The number of unbranched alkanes of at least 4 members (excludes halogenated alkanes) is 1. The first-order chi connectivity index (χ1) is 13.3. The number of ether oxygens (including phenoxy) is 1. The summed E-state index contributed by atoms with van der Waals surface area (Å²) in [5.41, 5.74) is 1.12. The number of hydrogen-bond donors (Lipinski definition) is 0. The van der Waals surface area contributed by atoms with Crippen LogP contribution in [0.5, 0.6) is 5.75 Å². The molecule has 2 fully saturated rings. The monoisotopic (exact) mass is 366 g/mol. The second-order valence-corrected chi connectivity index (χ2v) is 8.80. The Labute approximate surface area is 167 Å². The van der Waals surface area contributed by atoms with E-state index in [-0.39, 0.29) is 0 Å². The van der Waals surface area contributed by atoms with E-state index < -0.39 is 0 Å². The van der Waals surface area contributed by atoms with E-state index in [1.54, 1.807) is 0 Å². The van der Waals surface area contributed by atoms with Crippen molar-refractivity contribution < 1.29 is 4.74 Å². The summed E-state index contributed by atoms with van der Waals surface area (Å²) in [5, 5.41) is 0. The molecule has 1 heteroatoms. The quantitative estimate of drug-likeness (QED) is 0.381. The highest BCUT2D eigenvalue weighted by molar-refractivity contribution is 5.38. The minimum absolute atomic E-state index is 0.605. The Balaban J connectivity index is 1.42. The molecule has 2 aliphatic carbocycles. The lowest BCUT2D eigenvalue weighted by molar-refractivity contribution is 0.156. The molecule has 0 aromatic heterocycles. The minimum atomic E-state index is 0.605. The molecule has 3 rings (SSSR count). The molecule has 1 nitrogen and oxygen atoms in total. The molecule has 0 amide bonds. The fourth-order valence-corrected chi connectivity index (χ4v) is 4.96. The Morgan fingerprint density at radius 1 is 0.852 bits per heavy atom. The molecule has 0 bridgehead atoms. The van der Waals surface area contributed by atoms with Crippen LogP contribution in [0.1, 0.15) is 90.0 Å². The third-order valence-electron chi connectivity index (χ3n) is 6.95. The molecule has 0 saturated heterocycles. The number of benzene rings is 1. The minimum Gasteiger partial charge on any atom is -0.494 e. The lowest BCUT2D eigenvalue weighted by atomic mass is 9.69. The first kappa shape index (κ1) is 20.3. The van der Waals surface area contributed by atoms with Gasteiger partial charge in [-0.15, -0.1) is 0 Å². The standard InChI is InChI=1S/C26H38O/c1-3-5-20-27-26-18-12-23(13-19-26)7-6-22-10-16-25(17-11-22)24-14-8-21(4-2)9-15-24/h12-13,18-19,21-22,24-25H,3-5,8-11,14-17,20H2,1-2H3/t21-,22?,24-,25?. The molecular weight excluding hydrogens is 328 g/mol. The van der Waals surface area contributed by atoms with E-state index in [1.165, 1.54) is 64.2 Å². The third kappa shape index (κ3) is 6.31. The lowest BCUT2D eigenvalue weighted by Crippen LogP contribution is -2.25. The largest absolute Gasteiger partial charge is 0.494 e. The maximum atomic E-state index is 5.73. The molecule has 0 aliphatic heterocycles. The summed E-state index contributed by atoms with van der Waals surface area (Å²) in [6.07, 6.45) is 15.1. The zero-order chi connectivity index (χ0) is 18.9. The van der Waals surface area contributed by atoms with Gasteiger partial charge in [0.1, 0.15) is 5.75 Å². The van der Waals surface area contributed by atoms with Crippen LogP contribution in [0.4, 0.5) is 0 Å². The van der Waals surface area contributed by atoms with Gasteiger partial charge in [0.2, 0.25) is 0 Å². The number of rotatable bonds is 6. The zero-order valence-corrected chi connectivity index (χ0v) is 17.5. The van der Waals surface area contributed by atoms with Crippen molar-refractivity contribution in [2.24, 2.45) is 23.7 Å². The Morgan fingerprint density at radius 2 is 1.48 bits per heavy atom. The van der Waals surface area contributed by atoms with Gasteiger partial charge in [-0.2, -0.15) is 0 Å². The highest BCUT2D eigenvalue weighted by Crippen LogP contribution is 2.41. The van der Waals surface area contributed by atoms with Crippen molar-refractivity contribution in [3.8, 4) is 17.6 Å². The lowest BCUT2D eigenvalue weighted by Gasteiger charge is -2.36. The second kappa shape index (κ2) is 10.8. The van der Waals surface area contributed by atoms with Crippen LogP contribution in [0.2, 0.25) is 0 Å². The van der Waals surface area contributed by atoms with E-state index >= 15 is 0 Å². The molecule has 0 radical (unpaired) electrons. The predicted octanol–water partition coefficient (Wildman–Crippen LogP) is 7.24. The first-order valence-electron chi connectivity index (χ1n) is 11.5. The van der Waals surface area contributed by atoms with Crippen LogP contribution in [-0.2, 0) is 0 Å². The molecule has 0 spiro atoms. The first-order valence-corrected chi connectivity index (χ1v) is 11.5. The topological polar surface area (TPSA) is 9.23 Å². The molecular formula is C26H38O. The average Bonchev–Trinajstić information content (AvgIpc) is 2.74. The molecule has 1 aromatic rings. The molecule has 2 aliphatic rings. The summed E-state index contributed by atoms with van der Waals surface area (Å²) >= 11 is 0. The fourth-order valence-electron chi connectivity index (χ4n) is 4.96. The molecule has 27 heavy (non-hydrogen) atoms. The van der Waals surface area contributed by atoms with Crippen molar-refractivity contribution in [1.82, 2.24) is 0 Å². The van der Waals surface area contributed by atoms with Crippen molar-refractivity contribution in [2.45, 2.75) is 84.5 Å². The van der Waals surface area contributed by atoms with Crippen molar-refractivity contribution in [2.75, 3.05) is 6.61 Å². The van der Waals surface area contributed by atoms with Crippen molar-refractivity contribution in [3.63, 3.8) is 0 Å². The van der Waals surface area contributed by atoms with Crippen molar-refractivity contribution in [3.05, 3.63) is 29.8 Å². The van der Waals surface area contributed by atoms with Crippen LogP contribution in [-0.4, -0.2) is 6.61 Å². The van der Waals surface area contributed by atoms with E-state index in [1.807, 2.05) is 0 Å². The molecule has 0 N–H and O–H groups in total. The molecule has 0 unspecified atom stereocenters. The second-order valence-electron chi connectivity index (χ2n) is 8.80. The van der Waals surface area contributed by atoms with Gasteiger partial charge < -0.3 is 4.74 Å². The third-order valence-corrected chi connectivity index (χ3v) is 6.95. The molecule has 2 saturated carbocycles. The Bertz CT molecular complexity index is 589. The van der Waals surface area contributed by atoms with Gasteiger partial charge in [-0.3, -0.25) is 0 Å². The summed E-state index contributed by atoms with van der Waals surface area (Å²) in [6, 6.07) is 8.32. The number of hydrogen-bond acceptors (Lipinski definition) is 1. The summed E-state index contributed by atoms with van der Waals surface area (Å²) in [7, 11) is 0. The zero-order valence-electron chi connectivity index (χ0n) is 17.5. The summed E-state index contributed by atoms with van der Waals surface area (Å²) in [4.78, 5) is 0. The maximum absolute atomic E-state index is 5.73. The normalized spacial score (nSPS) is 28.2. The van der Waals surface area contributed by atoms with E-state index in [9.17, 15) is 0 Å². The van der Waals surface area contributed by atoms with Crippen LogP contribution >= 0.6 is 0 Å². The van der Waals surface area contributed by atoms with Gasteiger partial charge in [0, 0.05) is 11.5 Å². The Morgan fingerprint density at radius 3 is 2.07 bits per heavy atom. The van der Waals surface area contributed by atoms with E-state index in [2.05, 4.69) is 50.0 Å². The molecule has 1 aromatic carbocycles. The van der Waals surface area contributed by atoms with Gasteiger partial charge in [-0.25, -0.2) is 0 Å². The Hall–Kier alpha value is -1.42. The van der Waals surface area contributed by atoms with E-state index in [4.69, 9.17) is 4.74 Å². The van der Waals surface area contributed by atoms with Crippen molar-refractivity contribution in [1.29, 1.82) is 0 Å². The van der Waals surface area contributed by atoms with Gasteiger partial charge in [-0.05, 0) is 87.0 Å². The summed E-state index contributed by atoms with van der Waals surface area (Å²) in [5.74, 6) is 11.6. The van der Waals surface area contributed by atoms with Crippen LogP contribution in [0, 0.1) is 35.5 Å². The predicted molar refractivity (Wildman–Crippen MR) is 115 cm³/mol. The average molecular weight is 367 g/mol. The SMILES string of the molecule is CCCCOc1ccc(C#CC2CCC([C@H]3CC[C@H](CC)CC3)CC2)cc1.